The summed E-state index contributed by atoms with van der Waals surface area (Å²) in [6.45, 7) is 7.15. The van der Waals surface area contributed by atoms with E-state index in [0.717, 1.165) is 38.3 Å². The van der Waals surface area contributed by atoms with Crippen LogP contribution in [-0.4, -0.2) is 31.1 Å². The molecule has 2 aromatic rings. The van der Waals surface area contributed by atoms with E-state index in [9.17, 15) is 10.1 Å². The summed E-state index contributed by atoms with van der Waals surface area (Å²) in [4.78, 5) is 14.5. The van der Waals surface area contributed by atoms with Crippen molar-refractivity contribution in [3.05, 3.63) is 69.8 Å². The Bertz CT molecular complexity index is 694. The van der Waals surface area contributed by atoms with E-state index >= 15 is 0 Å². The van der Waals surface area contributed by atoms with Crippen LogP contribution < -0.4 is 9.80 Å². The minimum Gasteiger partial charge on any atom is -0.360 e. The molecule has 1 fully saturated rings. The fourth-order valence-corrected chi connectivity index (χ4v) is 3.23. The average Bonchev–Trinajstić information content (AvgIpc) is 2.56. The van der Waals surface area contributed by atoms with Crippen LogP contribution in [0.3, 0.4) is 0 Å². The number of nitrogens with one attached hydrogen (secondary N) is 1. The van der Waals surface area contributed by atoms with Crippen LogP contribution in [-0.2, 0) is 6.54 Å². The van der Waals surface area contributed by atoms with Crippen molar-refractivity contribution in [2.45, 2.75) is 13.5 Å². The highest BCUT2D eigenvalue weighted by atomic mass is 16.6. The second-order valence-corrected chi connectivity index (χ2v) is 6.13. The van der Waals surface area contributed by atoms with Gasteiger partial charge in [0.1, 0.15) is 6.54 Å². The van der Waals surface area contributed by atoms with Crippen LogP contribution in [0.4, 0.5) is 11.4 Å². The van der Waals surface area contributed by atoms with Crippen LogP contribution in [0.25, 0.3) is 0 Å². The average molecular weight is 312 g/mol. The summed E-state index contributed by atoms with van der Waals surface area (Å²) in [5, 5.41) is 10.9. The van der Waals surface area contributed by atoms with Crippen LogP contribution >= 0.6 is 0 Å². The van der Waals surface area contributed by atoms with Gasteiger partial charge in [0.2, 0.25) is 0 Å². The Kier molecular flexibility index (Phi) is 4.57. The molecule has 120 valence electrons. The molecule has 1 heterocycles. The molecule has 0 aliphatic carbocycles. The van der Waals surface area contributed by atoms with Gasteiger partial charge >= 0.3 is 0 Å². The predicted octanol–water partition coefficient (Wildman–Crippen LogP) is 1.81. The van der Waals surface area contributed by atoms with E-state index in [2.05, 4.69) is 36.1 Å². The van der Waals surface area contributed by atoms with E-state index in [1.807, 2.05) is 6.07 Å². The smallest absolute Gasteiger partial charge is 0.269 e. The van der Waals surface area contributed by atoms with Crippen molar-refractivity contribution in [3.63, 3.8) is 0 Å². The van der Waals surface area contributed by atoms with Gasteiger partial charge < -0.3 is 9.80 Å². The molecule has 0 atom stereocenters. The number of hydrogen-bond acceptors (Lipinski definition) is 3. The highest BCUT2D eigenvalue weighted by Gasteiger charge is 2.21. The predicted molar refractivity (Wildman–Crippen MR) is 90.9 cm³/mol. The van der Waals surface area contributed by atoms with E-state index in [-0.39, 0.29) is 10.6 Å². The topological polar surface area (TPSA) is 50.8 Å². The van der Waals surface area contributed by atoms with Gasteiger partial charge in [-0.2, -0.15) is 0 Å². The lowest BCUT2D eigenvalue weighted by Gasteiger charge is -2.34. The maximum Gasteiger partial charge on any atom is 0.269 e. The van der Waals surface area contributed by atoms with Gasteiger partial charge in [-0.25, -0.2) is 0 Å². The monoisotopic (exact) mass is 312 g/mol. The van der Waals surface area contributed by atoms with Crippen LogP contribution in [0.2, 0.25) is 0 Å². The zero-order valence-electron chi connectivity index (χ0n) is 13.4. The van der Waals surface area contributed by atoms with E-state index in [4.69, 9.17) is 0 Å². The molecule has 1 aliphatic rings. The lowest BCUT2D eigenvalue weighted by Crippen LogP contribution is -3.13. The van der Waals surface area contributed by atoms with Crippen LogP contribution in [0.15, 0.2) is 48.5 Å². The minimum atomic E-state index is -0.324. The summed E-state index contributed by atoms with van der Waals surface area (Å²) in [5.74, 6) is 0. The van der Waals surface area contributed by atoms with Crippen molar-refractivity contribution in [1.82, 2.24) is 0 Å². The summed E-state index contributed by atoms with van der Waals surface area (Å²) in [5.41, 5.74) is 3.86. The lowest BCUT2D eigenvalue weighted by atomic mass is 10.1. The fourth-order valence-electron chi connectivity index (χ4n) is 3.23. The quantitative estimate of drug-likeness (QED) is 0.692. The van der Waals surface area contributed by atoms with E-state index in [1.165, 1.54) is 16.2 Å². The Morgan fingerprint density at radius 1 is 1.13 bits per heavy atom. The molecule has 2 aromatic carbocycles. The Morgan fingerprint density at radius 2 is 1.87 bits per heavy atom. The summed E-state index contributed by atoms with van der Waals surface area (Å²) in [7, 11) is 0. The van der Waals surface area contributed by atoms with E-state index in [0.29, 0.717) is 0 Å². The molecule has 1 aliphatic heterocycles. The Balaban J connectivity index is 1.60. The molecule has 0 bridgehead atoms. The maximum absolute atomic E-state index is 10.9. The van der Waals surface area contributed by atoms with Gasteiger partial charge in [-0.3, -0.25) is 10.1 Å². The van der Waals surface area contributed by atoms with Gasteiger partial charge in [0, 0.05) is 23.4 Å². The number of piperazine rings is 1. The van der Waals surface area contributed by atoms with E-state index < -0.39 is 0 Å². The van der Waals surface area contributed by atoms with Crippen LogP contribution in [0, 0.1) is 17.0 Å². The van der Waals surface area contributed by atoms with Crippen LogP contribution in [0.1, 0.15) is 11.1 Å². The molecule has 0 aromatic heterocycles. The molecule has 1 N–H and O–H groups in total. The number of para-hydroxylation sites is 1. The van der Waals surface area contributed by atoms with Gasteiger partial charge in [-0.05, 0) is 18.6 Å². The van der Waals surface area contributed by atoms with Crippen molar-refractivity contribution in [3.8, 4) is 0 Å². The first-order chi connectivity index (χ1) is 11.1. The highest BCUT2D eigenvalue weighted by molar-refractivity contribution is 5.53. The maximum atomic E-state index is 10.9. The van der Waals surface area contributed by atoms with Gasteiger partial charge in [0.25, 0.3) is 5.69 Å². The number of nitrogens with zero attached hydrogens (tertiary/aromatic N) is 2. The van der Waals surface area contributed by atoms with Gasteiger partial charge in [0.05, 0.1) is 31.1 Å². The Morgan fingerprint density at radius 3 is 2.57 bits per heavy atom. The second kappa shape index (κ2) is 6.79. The molecule has 1 saturated heterocycles. The summed E-state index contributed by atoms with van der Waals surface area (Å²) < 4.78 is 0. The lowest BCUT2D eigenvalue weighted by molar-refractivity contribution is -0.914. The normalized spacial score (nSPS) is 15.6. The van der Waals surface area contributed by atoms with Crippen molar-refractivity contribution in [2.75, 3.05) is 31.1 Å². The fraction of sp³-hybridized carbons (Fsp3) is 0.333. The molecular formula is C18H22N3O2+. The number of aryl methyl sites for hydroxylation is 1. The second-order valence-electron chi connectivity index (χ2n) is 6.13. The molecule has 0 unspecified atom stereocenters. The number of quaternary nitrogens is 1. The summed E-state index contributed by atoms with van der Waals surface area (Å²) in [6, 6.07) is 15.5. The third-order valence-corrected chi connectivity index (χ3v) is 4.50. The number of nitro groups is 1. The molecule has 3 rings (SSSR count). The van der Waals surface area contributed by atoms with Crippen molar-refractivity contribution >= 4 is 11.4 Å². The van der Waals surface area contributed by atoms with Gasteiger partial charge in [-0.1, -0.05) is 30.3 Å². The molecule has 5 heteroatoms. The number of non-ortho nitro benzene ring substituents is 1. The zero-order valence-corrected chi connectivity index (χ0v) is 13.4. The van der Waals surface area contributed by atoms with Crippen LogP contribution in [0.5, 0.6) is 0 Å². The number of rotatable bonds is 4. The SMILES string of the molecule is Cc1ccccc1N1CC[NH+](Cc2cccc([N+](=O)[O-])c2)CC1. The number of benzene rings is 2. The molecule has 5 nitrogen and oxygen atoms in total. The highest BCUT2D eigenvalue weighted by Crippen LogP contribution is 2.19. The summed E-state index contributed by atoms with van der Waals surface area (Å²) >= 11 is 0. The molecule has 0 spiro atoms. The number of anilines is 1. The molecule has 0 saturated carbocycles. The summed E-state index contributed by atoms with van der Waals surface area (Å²) in [6.07, 6.45) is 0. The molecular weight excluding hydrogens is 290 g/mol. The molecule has 0 amide bonds. The Labute approximate surface area is 136 Å². The van der Waals surface area contributed by atoms with Gasteiger partial charge in [-0.15, -0.1) is 0 Å². The third-order valence-electron chi connectivity index (χ3n) is 4.50. The zero-order chi connectivity index (χ0) is 16.2. The minimum absolute atomic E-state index is 0.181. The first kappa shape index (κ1) is 15.5. The third kappa shape index (κ3) is 3.68. The largest absolute Gasteiger partial charge is 0.360 e. The number of hydrogen-bond donors (Lipinski definition) is 1. The van der Waals surface area contributed by atoms with E-state index in [1.54, 1.807) is 18.2 Å². The Hall–Kier alpha value is -2.40. The van der Waals surface area contributed by atoms with Crippen molar-refractivity contribution < 1.29 is 9.82 Å². The number of nitro benzene ring substituents is 1. The first-order valence-corrected chi connectivity index (χ1v) is 8.01. The van der Waals surface area contributed by atoms with Gasteiger partial charge in [0.15, 0.2) is 0 Å². The molecule has 23 heavy (non-hydrogen) atoms. The van der Waals surface area contributed by atoms with Crippen molar-refractivity contribution in [1.29, 1.82) is 0 Å². The standard InChI is InChI=1S/C18H21N3O2/c1-15-5-2-3-8-18(15)20-11-9-19(10-12-20)14-16-6-4-7-17(13-16)21(22)23/h2-8,13H,9-12,14H2,1H3/p+1. The first-order valence-electron chi connectivity index (χ1n) is 8.01. The molecule has 0 radical (unpaired) electrons. The van der Waals surface area contributed by atoms with Crippen molar-refractivity contribution in [2.24, 2.45) is 0 Å².